The molecule has 2 amide bonds. The molecular weight excluding hydrogens is 507 g/mol. The Morgan fingerprint density at radius 3 is 2.13 bits per heavy atom. The molecule has 2 atom stereocenters. The molecule has 4 rings (SSSR count). The second-order valence-electron chi connectivity index (χ2n) is 11.7. The molecule has 2 aromatic carbocycles. The Morgan fingerprint density at radius 2 is 1.56 bits per heavy atom. The van der Waals surface area contributed by atoms with E-state index < -0.39 is 6.36 Å². The molecule has 0 aromatic heterocycles. The first-order chi connectivity index (χ1) is 18.4. The van der Waals surface area contributed by atoms with Crippen LogP contribution in [-0.2, 0) is 9.59 Å². The second kappa shape index (κ2) is 12.0. The first-order valence-corrected chi connectivity index (χ1v) is 13.6. The fraction of sp³-hybridized carbons (Fsp3) is 0.533. The molecule has 6 nitrogen and oxygen atoms in total. The molecule has 2 fully saturated rings. The Bertz CT molecular complexity index is 1090. The van der Waals surface area contributed by atoms with Crippen LogP contribution in [0.2, 0.25) is 0 Å². The van der Waals surface area contributed by atoms with Crippen molar-refractivity contribution >= 4 is 12.3 Å². The van der Waals surface area contributed by atoms with Crippen molar-refractivity contribution in [3.8, 4) is 5.75 Å². The highest BCUT2D eigenvalue weighted by molar-refractivity contribution is 5.77. The number of hydrogen-bond acceptors (Lipinski definition) is 4. The van der Waals surface area contributed by atoms with Gasteiger partial charge in [0.1, 0.15) is 5.75 Å². The van der Waals surface area contributed by atoms with Crippen molar-refractivity contribution in [1.29, 1.82) is 0 Å². The lowest BCUT2D eigenvalue weighted by atomic mass is 9.82. The van der Waals surface area contributed by atoms with Crippen LogP contribution in [0.25, 0.3) is 0 Å². The zero-order valence-electron chi connectivity index (χ0n) is 22.9. The molecule has 0 N–H and O–H groups in total. The number of halogens is 3. The van der Waals surface area contributed by atoms with Crippen LogP contribution in [0.5, 0.6) is 5.75 Å². The van der Waals surface area contributed by atoms with Crippen LogP contribution in [0.4, 0.5) is 13.2 Å². The molecule has 0 bridgehead atoms. The van der Waals surface area contributed by atoms with Gasteiger partial charge in [0.05, 0.1) is 6.04 Å². The number of benzene rings is 2. The van der Waals surface area contributed by atoms with Crippen LogP contribution < -0.4 is 4.74 Å². The van der Waals surface area contributed by atoms with Crippen molar-refractivity contribution in [1.82, 2.24) is 14.7 Å². The third kappa shape index (κ3) is 7.53. The van der Waals surface area contributed by atoms with Crippen LogP contribution in [-0.4, -0.2) is 72.1 Å². The van der Waals surface area contributed by atoms with Crippen LogP contribution in [0.1, 0.15) is 57.2 Å². The Hall–Kier alpha value is -3.07. The van der Waals surface area contributed by atoms with E-state index in [1.165, 1.54) is 12.1 Å². The lowest BCUT2D eigenvalue weighted by molar-refractivity contribution is -0.274. The Morgan fingerprint density at radius 1 is 0.949 bits per heavy atom. The highest BCUT2D eigenvalue weighted by Crippen LogP contribution is 2.36. The van der Waals surface area contributed by atoms with Crippen molar-refractivity contribution in [2.75, 3.05) is 32.7 Å². The average Bonchev–Trinajstić information content (AvgIpc) is 2.89. The predicted octanol–water partition coefficient (Wildman–Crippen LogP) is 5.49. The molecule has 0 spiro atoms. The number of piperazine rings is 1. The molecular formula is C30H38F3N3O3. The Balaban J connectivity index is 1.54. The van der Waals surface area contributed by atoms with Gasteiger partial charge in [0.25, 0.3) is 0 Å². The maximum atomic E-state index is 13.6. The van der Waals surface area contributed by atoms with Gasteiger partial charge in [0, 0.05) is 45.2 Å². The number of amides is 2. The minimum Gasteiger partial charge on any atom is -0.406 e. The quantitative estimate of drug-likeness (QED) is 0.432. The summed E-state index contributed by atoms with van der Waals surface area (Å²) in [5, 5.41) is 0. The fourth-order valence-corrected chi connectivity index (χ4v) is 5.81. The molecule has 2 aliphatic heterocycles. The third-order valence-electron chi connectivity index (χ3n) is 7.90. The zero-order valence-corrected chi connectivity index (χ0v) is 22.9. The lowest BCUT2D eigenvalue weighted by Crippen LogP contribution is -2.60. The molecule has 2 heterocycles. The van der Waals surface area contributed by atoms with Gasteiger partial charge in [-0.3, -0.25) is 14.5 Å². The Kier molecular flexibility index (Phi) is 8.89. The number of nitrogens with zero attached hydrogens (tertiary/aromatic N) is 3. The molecule has 0 radical (unpaired) electrons. The Labute approximate surface area is 228 Å². The van der Waals surface area contributed by atoms with E-state index in [-0.39, 0.29) is 35.1 Å². The summed E-state index contributed by atoms with van der Waals surface area (Å²) in [7, 11) is 0. The van der Waals surface area contributed by atoms with Crippen molar-refractivity contribution in [3.63, 3.8) is 0 Å². The van der Waals surface area contributed by atoms with Crippen molar-refractivity contribution < 1.29 is 27.5 Å². The summed E-state index contributed by atoms with van der Waals surface area (Å²) in [6, 6.07) is 15.8. The number of carbonyl (C=O) groups excluding carboxylic acids is 2. The summed E-state index contributed by atoms with van der Waals surface area (Å²) < 4.78 is 42.2. The number of hydrogen-bond donors (Lipinski definition) is 0. The van der Waals surface area contributed by atoms with Crippen LogP contribution in [0.3, 0.4) is 0 Å². The molecule has 2 aromatic rings. The summed E-state index contributed by atoms with van der Waals surface area (Å²) >= 11 is 0. The second-order valence-corrected chi connectivity index (χ2v) is 11.7. The summed E-state index contributed by atoms with van der Waals surface area (Å²) in [5.74, 6) is 0.186. The van der Waals surface area contributed by atoms with E-state index in [0.717, 1.165) is 30.4 Å². The minimum atomic E-state index is -4.74. The highest BCUT2D eigenvalue weighted by Gasteiger charge is 2.41. The maximum Gasteiger partial charge on any atom is 0.573 e. The molecule has 0 aliphatic carbocycles. The van der Waals surface area contributed by atoms with Crippen molar-refractivity contribution in [2.24, 2.45) is 11.3 Å². The van der Waals surface area contributed by atoms with E-state index in [4.69, 9.17) is 0 Å². The number of likely N-dealkylation sites (tertiary alicyclic amines) is 1. The molecule has 2 saturated heterocycles. The monoisotopic (exact) mass is 545 g/mol. The van der Waals surface area contributed by atoms with E-state index in [1.54, 1.807) is 17.0 Å². The van der Waals surface area contributed by atoms with Gasteiger partial charge in [-0.05, 0) is 47.4 Å². The summed E-state index contributed by atoms with van der Waals surface area (Å²) in [6.45, 7) is 9.68. The highest BCUT2D eigenvalue weighted by atomic mass is 19.4. The van der Waals surface area contributed by atoms with Gasteiger partial charge in [0.2, 0.25) is 12.3 Å². The summed E-state index contributed by atoms with van der Waals surface area (Å²) in [5.41, 5.74) is 1.72. The van der Waals surface area contributed by atoms with E-state index in [0.29, 0.717) is 39.1 Å². The molecule has 0 saturated carbocycles. The number of ether oxygens (including phenoxy) is 1. The van der Waals surface area contributed by atoms with Gasteiger partial charge in [0.15, 0.2) is 0 Å². The van der Waals surface area contributed by atoms with Gasteiger partial charge in [-0.15, -0.1) is 13.2 Å². The van der Waals surface area contributed by atoms with Gasteiger partial charge < -0.3 is 14.5 Å². The fourth-order valence-electron chi connectivity index (χ4n) is 5.81. The van der Waals surface area contributed by atoms with Crippen LogP contribution in [0.15, 0.2) is 54.6 Å². The summed E-state index contributed by atoms with van der Waals surface area (Å²) in [4.78, 5) is 30.7. The van der Waals surface area contributed by atoms with E-state index >= 15 is 0 Å². The molecule has 1 unspecified atom stereocenters. The largest absolute Gasteiger partial charge is 0.573 e. The minimum absolute atomic E-state index is 0.0344. The molecule has 2 aliphatic rings. The van der Waals surface area contributed by atoms with Crippen molar-refractivity contribution in [2.45, 2.75) is 58.5 Å². The van der Waals surface area contributed by atoms with Crippen LogP contribution >= 0.6 is 0 Å². The van der Waals surface area contributed by atoms with E-state index in [1.807, 2.05) is 35.2 Å². The number of piperidine rings is 1. The lowest BCUT2D eigenvalue weighted by Gasteiger charge is -2.50. The maximum absolute atomic E-state index is 13.6. The zero-order chi connectivity index (χ0) is 28.2. The van der Waals surface area contributed by atoms with Gasteiger partial charge in [-0.25, -0.2) is 0 Å². The van der Waals surface area contributed by atoms with E-state index in [9.17, 15) is 22.8 Å². The number of carbonyl (C=O) groups is 2. The molecule has 212 valence electrons. The number of alkyl halides is 3. The SMILES string of the molecule is CC(C)(C)[C@H]1CN(C(c2ccccc2)c2ccc(OC(F)(F)F)cc2)CCN1C(=O)CC1CCN(C=O)CC1. The smallest absolute Gasteiger partial charge is 0.406 e. The molecule has 9 heteroatoms. The molecule has 39 heavy (non-hydrogen) atoms. The van der Waals surface area contributed by atoms with Gasteiger partial charge in [-0.1, -0.05) is 63.2 Å². The standard InChI is InChI=1S/C30H38F3N3O3/c1-29(2,3)26-20-35(17-18-36(26)27(38)19-22-13-15-34(21-37)16-14-22)28(23-7-5-4-6-8-23)24-9-11-25(12-10-24)39-30(31,32)33/h4-12,21-22,26,28H,13-20H2,1-3H3/t26-,28?/m1/s1. The predicted molar refractivity (Wildman–Crippen MR) is 143 cm³/mol. The van der Waals surface area contributed by atoms with Crippen LogP contribution in [0, 0.1) is 11.3 Å². The third-order valence-corrected chi connectivity index (χ3v) is 7.90. The number of rotatable bonds is 7. The van der Waals surface area contributed by atoms with Crippen molar-refractivity contribution in [3.05, 3.63) is 65.7 Å². The van der Waals surface area contributed by atoms with Gasteiger partial charge >= 0.3 is 6.36 Å². The van der Waals surface area contributed by atoms with E-state index in [2.05, 4.69) is 30.4 Å². The topological polar surface area (TPSA) is 53.1 Å². The normalized spacial score (nSPS) is 20.5. The first kappa shape index (κ1) is 28.9. The first-order valence-electron chi connectivity index (χ1n) is 13.6. The van der Waals surface area contributed by atoms with Gasteiger partial charge in [-0.2, -0.15) is 0 Å². The average molecular weight is 546 g/mol. The summed E-state index contributed by atoms with van der Waals surface area (Å²) in [6.07, 6.45) is -1.69.